The van der Waals surface area contributed by atoms with Crippen molar-refractivity contribution in [3.8, 4) is 34.4 Å². The van der Waals surface area contributed by atoms with Crippen molar-refractivity contribution in [1.82, 2.24) is 14.9 Å². The fourth-order valence-electron chi connectivity index (χ4n) is 4.07. The highest BCUT2D eigenvalue weighted by atomic mass is 16.5. The third-order valence-corrected chi connectivity index (χ3v) is 6.29. The lowest BCUT2D eigenvalue weighted by Gasteiger charge is -2.14. The Morgan fingerprint density at radius 3 is 2.23 bits per heavy atom. The molecule has 39 heavy (non-hydrogen) atoms. The van der Waals surface area contributed by atoms with Crippen molar-refractivity contribution in [2.75, 3.05) is 40.5 Å². The van der Waals surface area contributed by atoms with Gasteiger partial charge in [-0.25, -0.2) is 4.98 Å². The van der Waals surface area contributed by atoms with E-state index in [1.807, 2.05) is 48.5 Å². The van der Waals surface area contributed by atoms with E-state index in [2.05, 4.69) is 10.3 Å². The Kier molecular flexibility index (Phi) is 9.77. The quantitative estimate of drug-likeness (QED) is 0.236. The lowest BCUT2D eigenvalue weighted by Crippen LogP contribution is -2.32. The first kappa shape index (κ1) is 27.9. The molecule has 1 heterocycles. The highest BCUT2D eigenvalue weighted by Crippen LogP contribution is 2.23. The van der Waals surface area contributed by atoms with Crippen molar-refractivity contribution in [3.63, 3.8) is 0 Å². The van der Waals surface area contributed by atoms with E-state index in [9.17, 15) is 9.90 Å². The van der Waals surface area contributed by atoms with Crippen LogP contribution in [-0.4, -0.2) is 61.3 Å². The average molecular weight is 534 g/mol. The van der Waals surface area contributed by atoms with Crippen LogP contribution >= 0.6 is 0 Å². The molecule has 0 aliphatic heterocycles. The summed E-state index contributed by atoms with van der Waals surface area (Å²) in [5, 5.41) is 13.9. The summed E-state index contributed by atoms with van der Waals surface area (Å²) in [6.45, 7) is 2.03. The normalized spacial score (nSPS) is 11.8. The van der Waals surface area contributed by atoms with E-state index < -0.39 is 6.10 Å². The van der Waals surface area contributed by atoms with Gasteiger partial charge >= 0.3 is 0 Å². The second-order valence-electron chi connectivity index (χ2n) is 9.11. The molecule has 2 N–H and O–H groups in total. The van der Waals surface area contributed by atoms with Crippen LogP contribution in [0.25, 0.3) is 22.3 Å². The zero-order chi connectivity index (χ0) is 27.6. The van der Waals surface area contributed by atoms with Crippen LogP contribution in [0.1, 0.15) is 12.8 Å². The standard InChI is InChI=1S/C30H35N3O6/c1-33-29(32-28-15-14-26(37-3)18-27(28)30(33)35)21-6-8-24(9-7-21)38-17-5-4-16-31-19-22(34)20-39-25-12-10-23(36-2)11-13-25/h6-15,18,22,31,34H,4-5,16-17,19-20H2,1-3H3. The monoisotopic (exact) mass is 533 g/mol. The maximum absolute atomic E-state index is 12.9. The van der Waals surface area contributed by atoms with Crippen molar-refractivity contribution in [1.29, 1.82) is 0 Å². The van der Waals surface area contributed by atoms with Crippen molar-refractivity contribution in [2.45, 2.75) is 18.9 Å². The summed E-state index contributed by atoms with van der Waals surface area (Å²) in [7, 11) is 4.90. The molecule has 1 atom stereocenters. The molecule has 0 spiro atoms. The number of aliphatic hydroxyl groups is 1. The lowest BCUT2D eigenvalue weighted by atomic mass is 10.1. The first-order chi connectivity index (χ1) is 19.0. The summed E-state index contributed by atoms with van der Waals surface area (Å²) >= 11 is 0. The number of fused-ring (bicyclic) bond motifs is 1. The largest absolute Gasteiger partial charge is 0.497 e. The Morgan fingerprint density at radius 1 is 0.872 bits per heavy atom. The SMILES string of the molecule is COc1ccc(OCC(O)CNCCCCOc2ccc(-c3nc4ccc(OC)cc4c(=O)n3C)cc2)cc1. The van der Waals surface area contributed by atoms with Crippen LogP contribution in [0, 0.1) is 0 Å². The van der Waals surface area contributed by atoms with Gasteiger partial charge in [0.05, 0.1) is 31.7 Å². The third kappa shape index (κ3) is 7.49. The van der Waals surface area contributed by atoms with Crippen LogP contribution in [0.4, 0.5) is 0 Å². The van der Waals surface area contributed by atoms with Crippen molar-refractivity contribution >= 4 is 10.9 Å². The average Bonchev–Trinajstić information content (AvgIpc) is 2.97. The van der Waals surface area contributed by atoms with Gasteiger partial charge in [-0.2, -0.15) is 0 Å². The molecule has 0 bridgehead atoms. The van der Waals surface area contributed by atoms with Crippen molar-refractivity contribution < 1.29 is 24.1 Å². The number of methoxy groups -OCH3 is 2. The predicted molar refractivity (Wildman–Crippen MR) is 151 cm³/mol. The maximum atomic E-state index is 12.9. The highest BCUT2D eigenvalue weighted by molar-refractivity contribution is 5.81. The van der Waals surface area contributed by atoms with E-state index in [4.69, 9.17) is 18.9 Å². The van der Waals surface area contributed by atoms with E-state index in [-0.39, 0.29) is 12.2 Å². The molecule has 1 aromatic heterocycles. The molecule has 0 aliphatic carbocycles. The van der Waals surface area contributed by atoms with E-state index >= 15 is 0 Å². The van der Waals surface area contributed by atoms with Crippen LogP contribution in [0.15, 0.2) is 71.5 Å². The molecular weight excluding hydrogens is 498 g/mol. The number of nitrogens with zero attached hydrogens (tertiary/aromatic N) is 2. The summed E-state index contributed by atoms with van der Waals surface area (Å²) in [6, 6.07) is 20.1. The van der Waals surface area contributed by atoms with Crippen molar-refractivity contribution in [3.05, 3.63) is 77.1 Å². The van der Waals surface area contributed by atoms with E-state index in [1.54, 1.807) is 44.0 Å². The molecule has 9 heteroatoms. The van der Waals surface area contributed by atoms with Crippen LogP contribution in [0.3, 0.4) is 0 Å². The van der Waals surface area contributed by atoms with Gasteiger partial charge in [0, 0.05) is 19.2 Å². The minimum atomic E-state index is -0.596. The summed E-state index contributed by atoms with van der Waals surface area (Å²) in [6.07, 6.45) is 1.19. The second-order valence-corrected chi connectivity index (χ2v) is 9.11. The molecule has 4 aromatic rings. The van der Waals surface area contributed by atoms with Crippen LogP contribution < -0.4 is 29.8 Å². The molecule has 4 rings (SSSR count). The fourth-order valence-corrected chi connectivity index (χ4v) is 4.07. The summed E-state index contributed by atoms with van der Waals surface area (Å²) in [5.41, 5.74) is 1.33. The Balaban J connectivity index is 1.17. The fraction of sp³-hybridized carbons (Fsp3) is 0.333. The summed E-state index contributed by atoms with van der Waals surface area (Å²) < 4.78 is 23.4. The van der Waals surface area contributed by atoms with Crippen LogP contribution in [0.5, 0.6) is 23.0 Å². The molecular formula is C30H35N3O6. The molecule has 0 aliphatic rings. The number of hydrogen-bond acceptors (Lipinski definition) is 8. The van der Waals surface area contributed by atoms with Gasteiger partial charge in [0.15, 0.2) is 0 Å². The Bertz CT molecular complexity index is 1400. The van der Waals surface area contributed by atoms with Gasteiger partial charge in [-0.1, -0.05) is 0 Å². The summed E-state index contributed by atoms with van der Waals surface area (Å²) in [5.74, 6) is 3.43. The Morgan fingerprint density at radius 2 is 1.51 bits per heavy atom. The molecule has 206 valence electrons. The van der Waals surface area contributed by atoms with Crippen LogP contribution in [0.2, 0.25) is 0 Å². The first-order valence-corrected chi connectivity index (χ1v) is 12.9. The van der Waals surface area contributed by atoms with Crippen molar-refractivity contribution in [2.24, 2.45) is 7.05 Å². The number of aromatic nitrogens is 2. The smallest absolute Gasteiger partial charge is 0.261 e. The number of ether oxygens (including phenoxy) is 4. The molecule has 3 aromatic carbocycles. The lowest BCUT2D eigenvalue weighted by molar-refractivity contribution is 0.106. The summed E-state index contributed by atoms with van der Waals surface area (Å²) in [4.78, 5) is 17.6. The number of aliphatic hydroxyl groups excluding tert-OH is 1. The van der Waals surface area contributed by atoms with Gasteiger partial charge in [0.25, 0.3) is 5.56 Å². The molecule has 0 saturated heterocycles. The number of nitrogens with one attached hydrogen (secondary N) is 1. The van der Waals surface area contributed by atoms with Crippen LogP contribution in [-0.2, 0) is 7.05 Å². The molecule has 1 unspecified atom stereocenters. The molecule has 9 nitrogen and oxygen atoms in total. The maximum Gasteiger partial charge on any atom is 0.261 e. The third-order valence-electron chi connectivity index (χ3n) is 6.29. The number of benzene rings is 3. The zero-order valence-corrected chi connectivity index (χ0v) is 22.6. The number of rotatable bonds is 14. The molecule has 0 radical (unpaired) electrons. The van der Waals surface area contributed by atoms with E-state index in [0.717, 1.165) is 36.4 Å². The number of hydrogen-bond donors (Lipinski definition) is 2. The van der Waals surface area contributed by atoms with E-state index in [1.165, 1.54) is 0 Å². The minimum Gasteiger partial charge on any atom is -0.497 e. The predicted octanol–water partition coefficient (Wildman–Crippen LogP) is 3.81. The van der Waals surface area contributed by atoms with Gasteiger partial charge in [-0.15, -0.1) is 0 Å². The highest BCUT2D eigenvalue weighted by Gasteiger charge is 2.11. The van der Waals surface area contributed by atoms with E-state index in [0.29, 0.717) is 41.4 Å². The first-order valence-electron chi connectivity index (χ1n) is 12.9. The zero-order valence-electron chi connectivity index (χ0n) is 22.6. The minimum absolute atomic E-state index is 0.125. The Hall–Kier alpha value is -4.08. The van der Waals surface area contributed by atoms with Gasteiger partial charge in [0.2, 0.25) is 0 Å². The molecule has 0 amide bonds. The van der Waals surface area contributed by atoms with Gasteiger partial charge in [0.1, 0.15) is 41.5 Å². The van der Waals surface area contributed by atoms with Gasteiger partial charge in [-0.3, -0.25) is 9.36 Å². The Labute approximate surface area is 227 Å². The molecule has 0 saturated carbocycles. The topological polar surface area (TPSA) is 104 Å². The second kappa shape index (κ2) is 13.6. The molecule has 0 fully saturated rings. The van der Waals surface area contributed by atoms with Gasteiger partial charge in [-0.05, 0) is 86.1 Å². The van der Waals surface area contributed by atoms with Gasteiger partial charge < -0.3 is 29.4 Å². The number of unbranched alkanes of at least 4 members (excludes halogenated alkanes) is 1.